The van der Waals surface area contributed by atoms with Crippen molar-refractivity contribution in [3.63, 3.8) is 0 Å². The zero-order valence-corrected chi connectivity index (χ0v) is 7.48. The Kier molecular flexibility index (Phi) is 1.85. The molecule has 1 heterocycles. The third-order valence-electron chi connectivity index (χ3n) is 1.95. The highest BCUT2D eigenvalue weighted by atomic mass is 16.5. The van der Waals surface area contributed by atoms with Crippen molar-refractivity contribution in [2.45, 2.75) is 0 Å². The molecular weight excluding hydrogens is 184 g/mol. The summed E-state index contributed by atoms with van der Waals surface area (Å²) >= 11 is 0. The van der Waals surface area contributed by atoms with Gasteiger partial charge in [-0.25, -0.2) is 9.59 Å². The zero-order chi connectivity index (χ0) is 10.1. The maximum atomic E-state index is 11.3. The summed E-state index contributed by atoms with van der Waals surface area (Å²) in [4.78, 5) is 25.1. The second-order valence-corrected chi connectivity index (χ2v) is 2.75. The first-order valence-electron chi connectivity index (χ1n) is 4.02. The topological polar surface area (TPSA) is 64.1 Å². The molecule has 0 saturated carbocycles. The van der Waals surface area contributed by atoms with Crippen LogP contribution in [0.15, 0.2) is 29.1 Å². The number of hydrogen-bond acceptors (Lipinski definition) is 3. The van der Waals surface area contributed by atoms with E-state index in [9.17, 15) is 9.59 Å². The summed E-state index contributed by atoms with van der Waals surface area (Å²) in [6.45, 7) is 0. The lowest BCUT2D eigenvalue weighted by Crippen LogP contribution is -2.24. The minimum absolute atomic E-state index is 0.488. The molecule has 0 fully saturated rings. The van der Waals surface area contributed by atoms with Crippen molar-refractivity contribution < 1.29 is 9.53 Å². The fourth-order valence-corrected chi connectivity index (χ4v) is 1.33. The van der Waals surface area contributed by atoms with Crippen LogP contribution < -0.4 is 5.69 Å². The molecule has 0 atom stereocenters. The SMILES string of the molecule is COC(=O)n1c(=O)[nH]c2ccccc21. The lowest BCUT2D eigenvalue weighted by molar-refractivity contribution is 0.173. The molecule has 0 spiro atoms. The van der Waals surface area contributed by atoms with Crippen LogP contribution in [0.5, 0.6) is 0 Å². The number of nitrogens with zero attached hydrogens (tertiary/aromatic N) is 1. The van der Waals surface area contributed by atoms with Crippen molar-refractivity contribution in [3.8, 4) is 0 Å². The molecule has 5 nitrogen and oxygen atoms in total. The predicted molar refractivity (Wildman–Crippen MR) is 50.4 cm³/mol. The van der Waals surface area contributed by atoms with Crippen LogP contribution in [0.4, 0.5) is 4.79 Å². The first kappa shape index (κ1) is 8.55. The van der Waals surface area contributed by atoms with E-state index in [1.54, 1.807) is 24.3 Å². The standard InChI is InChI=1S/C9H8N2O3/c1-14-9(13)11-7-5-3-2-4-6(7)10-8(11)12/h2-5H,1H3,(H,10,12). The largest absolute Gasteiger partial charge is 0.452 e. The van der Waals surface area contributed by atoms with E-state index in [0.717, 1.165) is 4.57 Å². The normalized spacial score (nSPS) is 10.4. The Morgan fingerprint density at radius 1 is 1.43 bits per heavy atom. The molecule has 72 valence electrons. The molecule has 1 aromatic heterocycles. The molecule has 2 rings (SSSR count). The Labute approximate surface area is 78.9 Å². The maximum absolute atomic E-state index is 11.3. The fraction of sp³-hybridized carbons (Fsp3) is 0.111. The second-order valence-electron chi connectivity index (χ2n) is 2.75. The molecule has 0 amide bonds. The lowest BCUT2D eigenvalue weighted by atomic mass is 10.3. The van der Waals surface area contributed by atoms with Crippen molar-refractivity contribution in [3.05, 3.63) is 34.7 Å². The molecule has 0 aliphatic carbocycles. The van der Waals surface area contributed by atoms with Gasteiger partial charge in [0.15, 0.2) is 0 Å². The van der Waals surface area contributed by atoms with Crippen molar-refractivity contribution >= 4 is 17.1 Å². The summed E-state index contributed by atoms with van der Waals surface area (Å²) in [6, 6.07) is 6.91. The number of ether oxygens (including phenoxy) is 1. The fourth-order valence-electron chi connectivity index (χ4n) is 1.33. The number of aromatic nitrogens is 2. The predicted octanol–water partition coefficient (Wildman–Crippen LogP) is 0.944. The molecule has 0 saturated heterocycles. The first-order chi connectivity index (χ1) is 6.74. The molecule has 1 aromatic carbocycles. The van der Waals surface area contributed by atoms with Crippen molar-refractivity contribution in [2.75, 3.05) is 7.11 Å². The highest BCUT2D eigenvalue weighted by Crippen LogP contribution is 2.08. The Morgan fingerprint density at radius 3 is 2.86 bits per heavy atom. The van der Waals surface area contributed by atoms with E-state index in [4.69, 9.17) is 0 Å². The van der Waals surface area contributed by atoms with E-state index >= 15 is 0 Å². The minimum atomic E-state index is -0.688. The van der Waals surface area contributed by atoms with Crippen molar-refractivity contribution in [1.29, 1.82) is 0 Å². The molecule has 0 radical (unpaired) electrons. The smallest absolute Gasteiger partial charge is 0.422 e. The van der Waals surface area contributed by atoms with Crippen LogP contribution in [-0.2, 0) is 4.74 Å². The molecule has 0 aliphatic rings. The van der Waals surface area contributed by atoms with Gasteiger partial charge in [0.25, 0.3) is 0 Å². The quantitative estimate of drug-likeness (QED) is 0.675. The van der Waals surface area contributed by atoms with Crippen molar-refractivity contribution in [1.82, 2.24) is 9.55 Å². The van der Waals surface area contributed by atoms with Gasteiger partial charge in [-0.1, -0.05) is 12.1 Å². The number of fused-ring (bicyclic) bond motifs is 1. The summed E-state index contributed by atoms with van der Waals surface area (Å²) < 4.78 is 5.44. The van der Waals surface area contributed by atoms with E-state index in [1.807, 2.05) is 0 Å². The summed E-state index contributed by atoms with van der Waals surface area (Å²) in [5.41, 5.74) is 0.644. The number of nitrogens with one attached hydrogen (secondary N) is 1. The first-order valence-corrected chi connectivity index (χ1v) is 4.02. The summed E-state index contributed by atoms with van der Waals surface area (Å²) in [5.74, 6) is 0. The number of hydrogen-bond donors (Lipinski definition) is 1. The average molecular weight is 192 g/mol. The molecule has 2 aromatic rings. The number of aromatic amines is 1. The van der Waals surface area contributed by atoms with Gasteiger partial charge in [0.2, 0.25) is 0 Å². The molecule has 5 heteroatoms. The number of H-pyrrole nitrogens is 1. The molecular formula is C9H8N2O3. The maximum Gasteiger partial charge on any atom is 0.422 e. The van der Waals surface area contributed by atoms with Gasteiger partial charge in [0.1, 0.15) is 0 Å². The van der Waals surface area contributed by atoms with E-state index in [1.165, 1.54) is 7.11 Å². The van der Waals surface area contributed by atoms with Crippen LogP contribution >= 0.6 is 0 Å². The zero-order valence-electron chi connectivity index (χ0n) is 7.48. The van der Waals surface area contributed by atoms with Gasteiger partial charge in [0.05, 0.1) is 18.1 Å². The van der Waals surface area contributed by atoms with E-state index < -0.39 is 11.8 Å². The van der Waals surface area contributed by atoms with Crippen LogP contribution in [0.2, 0.25) is 0 Å². The number of rotatable bonds is 0. The lowest BCUT2D eigenvalue weighted by Gasteiger charge is -1.98. The highest BCUT2D eigenvalue weighted by Gasteiger charge is 2.12. The third-order valence-corrected chi connectivity index (χ3v) is 1.95. The third kappa shape index (κ3) is 1.10. The van der Waals surface area contributed by atoms with Crippen molar-refractivity contribution in [2.24, 2.45) is 0 Å². The van der Waals surface area contributed by atoms with Crippen LogP contribution in [0.1, 0.15) is 0 Å². The number of benzene rings is 1. The monoisotopic (exact) mass is 192 g/mol. The number of methoxy groups -OCH3 is 1. The summed E-state index contributed by atoms with van der Waals surface area (Å²) in [5, 5.41) is 0. The second kappa shape index (κ2) is 3.02. The highest BCUT2D eigenvalue weighted by molar-refractivity contribution is 5.86. The Balaban J connectivity index is 2.81. The van der Waals surface area contributed by atoms with Crippen LogP contribution in [0.3, 0.4) is 0 Å². The van der Waals surface area contributed by atoms with Gasteiger partial charge in [0, 0.05) is 0 Å². The number of carbonyl (C=O) groups is 1. The minimum Gasteiger partial charge on any atom is -0.452 e. The van der Waals surface area contributed by atoms with E-state index in [2.05, 4.69) is 9.72 Å². The van der Waals surface area contributed by atoms with Crippen LogP contribution in [-0.4, -0.2) is 22.8 Å². The Morgan fingerprint density at radius 2 is 2.14 bits per heavy atom. The van der Waals surface area contributed by atoms with Crippen LogP contribution in [0, 0.1) is 0 Å². The number of para-hydroxylation sites is 2. The Bertz CT molecular complexity index is 538. The number of imidazole rings is 1. The van der Waals surface area contributed by atoms with Gasteiger partial charge in [-0.05, 0) is 12.1 Å². The van der Waals surface area contributed by atoms with Gasteiger partial charge < -0.3 is 9.72 Å². The van der Waals surface area contributed by atoms with Crippen LogP contribution in [0.25, 0.3) is 11.0 Å². The Hall–Kier alpha value is -2.04. The van der Waals surface area contributed by atoms with E-state index in [-0.39, 0.29) is 0 Å². The van der Waals surface area contributed by atoms with E-state index in [0.29, 0.717) is 11.0 Å². The average Bonchev–Trinajstić information content (AvgIpc) is 2.53. The number of carbonyl (C=O) groups excluding carboxylic acids is 1. The van der Waals surface area contributed by atoms with Gasteiger partial charge in [-0.2, -0.15) is 4.57 Å². The molecule has 14 heavy (non-hydrogen) atoms. The molecule has 0 bridgehead atoms. The summed E-state index contributed by atoms with van der Waals surface area (Å²) in [6.07, 6.45) is -0.688. The molecule has 1 N–H and O–H groups in total. The molecule has 0 aliphatic heterocycles. The molecule has 0 unspecified atom stereocenters. The van der Waals surface area contributed by atoms with Gasteiger partial charge in [-0.3, -0.25) is 0 Å². The van der Waals surface area contributed by atoms with Gasteiger partial charge in [-0.15, -0.1) is 0 Å². The van der Waals surface area contributed by atoms with Gasteiger partial charge >= 0.3 is 11.8 Å². The summed E-state index contributed by atoms with van der Waals surface area (Å²) in [7, 11) is 1.23.